The molecular weight excluding hydrogens is 236 g/mol. The van der Waals surface area contributed by atoms with Gasteiger partial charge in [0.2, 0.25) is 10.0 Å². The molecule has 0 amide bonds. The van der Waals surface area contributed by atoms with Crippen molar-refractivity contribution >= 4 is 15.7 Å². The first-order chi connectivity index (χ1) is 8.03. The predicted molar refractivity (Wildman–Crippen MR) is 68.1 cm³/mol. The van der Waals surface area contributed by atoms with Gasteiger partial charge in [0.1, 0.15) is 0 Å². The highest BCUT2D eigenvalue weighted by atomic mass is 32.2. The van der Waals surface area contributed by atoms with Crippen molar-refractivity contribution in [3.8, 4) is 0 Å². The van der Waals surface area contributed by atoms with Crippen molar-refractivity contribution in [2.45, 2.75) is 18.2 Å². The highest BCUT2D eigenvalue weighted by Gasteiger charge is 2.26. The smallest absolute Gasteiger partial charge is 0.243 e. The second kappa shape index (κ2) is 4.50. The van der Waals surface area contributed by atoms with Crippen molar-refractivity contribution in [3.05, 3.63) is 35.9 Å². The van der Waals surface area contributed by atoms with E-state index in [1.165, 1.54) is 4.31 Å². The number of hydrogen-bond acceptors (Lipinski definition) is 3. The molecule has 0 bridgehead atoms. The average Bonchev–Trinajstić information content (AvgIpc) is 2.33. The monoisotopic (exact) mass is 252 g/mol. The third-order valence-corrected chi connectivity index (χ3v) is 4.97. The summed E-state index contributed by atoms with van der Waals surface area (Å²) in [6.07, 6.45) is 4.64. The summed E-state index contributed by atoms with van der Waals surface area (Å²) < 4.78 is 26.3. The first-order valence-corrected chi connectivity index (χ1v) is 6.98. The Labute approximate surface area is 102 Å². The molecule has 0 aliphatic carbocycles. The van der Waals surface area contributed by atoms with Crippen LogP contribution in [-0.4, -0.2) is 25.8 Å². The van der Waals surface area contributed by atoms with Crippen molar-refractivity contribution in [2.75, 3.05) is 18.8 Å². The third-order valence-electron chi connectivity index (χ3n) is 2.96. The quantitative estimate of drug-likeness (QED) is 0.641. The molecule has 0 spiro atoms. The van der Waals surface area contributed by atoms with Crippen LogP contribution in [0.5, 0.6) is 0 Å². The van der Waals surface area contributed by atoms with E-state index in [0.717, 1.165) is 6.42 Å². The Balaban J connectivity index is 2.44. The van der Waals surface area contributed by atoms with Gasteiger partial charge in [0.15, 0.2) is 0 Å². The SMILES string of the molecule is Cc1c(N)cccc1S(=O)(=O)N1CC=CCC1. The highest BCUT2D eigenvalue weighted by molar-refractivity contribution is 7.89. The van der Waals surface area contributed by atoms with Crippen molar-refractivity contribution in [3.63, 3.8) is 0 Å². The molecule has 5 heteroatoms. The summed E-state index contributed by atoms with van der Waals surface area (Å²) in [4.78, 5) is 0.313. The fourth-order valence-electron chi connectivity index (χ4n) is 1.89. The molecule has 17 heavy (non-hydrogen) atoms. The van der Waals surface area contributed by atoms with Gasteiger partial charge in [0.05, 0.1) is 4.90 Å². The Morgan fingerprint density at radius 1 is 1.29 bits per heavy atom. The summed E-state index contributed by atoms with van der Waals surface area (Å²) in [5, 5.41) is 0. The van der Waals surface area contributed by atoms with Gasteiger partial charge in [-0.25, -0.2) is 8.42 Å². The van der Waals surface area contributed by atoms with Gasteiger partial charge in [-0.3, -0.25) is 0 Å². The second-order valence-electron chi connectivity index (χ2n) is 4.09. The maximum Gasteiger partial charge on any atom is 0.243 e. The second-order valence-corrected chi connectivity index (χ2v) is 6.00. The van der Waals surface area contributed by atoms with Crippen molar-refractivity contribution < 1.29 is 8.42 Å². The minimum atomic E-state index is -3.41. The zero-order valence-electron chi connectivity index (χ0n) is 9.76. The maximum atomic E-state index is 12.4. The molecule has 1 aromatic rings. The first kappa shape index (κ1) is 12.1. The van der Waals surface area contributed by atoms with E-state index in [1.54, 1.807) is 25.1 Å². The standard InChI is InChI=1S/C12H16N2O2S/c1-10-11(13)6-5-7-12(10)17(15,16)14-8-3-2-4-9-14/h2-3,5-7H,4,8-9,13H2,1H3. The van der Waals surface area contributed by atoms with Crippen LogP contribution >= 0.6 is 0 Å². The minimum Gasteiger partial charge on any atom is -0.398 e. The molecule has 1 aromatic carbocycles. The third kappa shape index (κ3) is 2.21. The normalized spacial score (nSPS) is 17.2. The van der Waals surface area contributed by atoms with Crippen LogP contribution in [0.4, 0.5) is 5.69 Å². The zero-order chi connectivity index (χ0) is 12.5. The van der Waals surface area contributed by atoms with E-state index in [0.29, 0.717) is 29.2 Å². The van der Waals surface area contributed by atoms with E-state index in [4.69, 9.17) is 5.73 Å². The van der Waals surface area contributed by atoms with Crippen molar-refractivity contribution in [1.82, 2.24) is 4.31 Å². The summed E-state index contributed by atoms with van der Waals surface area (Å²) in [7, 11) is -3.41. The molecule has 0 saturated carbocycles. The van der Waals surface area contributed by atoms with E-state index in [2.05, 4.69) is 0 Å². The Bertz CT molecular complexity index is 550. The molecule has 92 valence electrons. The van der Waals surface area contributed by atoms with Crippen LogP contribution in [0.2, 0.25) is 0 Å². The lowest BCUT2D eigenvalue weighted by Gasteiger charge is -2.23. The number of nitrogen functional groups attached to an aromatic ring is 1. The number of nitrogens with zero attached hydrogens (tertiary/aromatic N) is 1. The molecule has 0 radical (unpaired) electrons. The van der Waals surface area contributed by atoms with E-state index in [-0.39, 0.29) is 0 Å². The summed E-state index contributed by atoms with van der Waals surface area (Å²) in [6.45, 7) is 2.71. The fourth-order valence-corrected chi connectivity index (χ4v) is 3.55. The van der Waals surface area contributed by atoms with E-state index >= 15 is 0 Å². The number of sulfonamides is 1. The van der Waals surface area contributed by atoms with Crippen molar-refractivity contribution in [1.29, 1.82) is 0 Å². The lowest BCUT2D eigenvalue weighted by Crippen LogP contribution is -2.34. The molecule has 0 unspecified atom stereocenters. The highest BCUT2D eigenvalue weighted by Crippen LogP contribution is 2.24. The van der Waals surface area contributed by atoms with Gasteiger partial charge < -0.3 is 5.73 Å². The molecule has 0 atom stereocenters. The molecule has 0 fully saturated rings. The predicted octanol–water partition coefficient (Wildman–Crippen LogP) is 1.53. The molecule has 2 N–H and O–H groups in total. The van der Waals surface area contributed by atoms with Crippen LogP contribution in [0.1, 0.15) is 12.0 Å². The van der Waals surface area contributed by atoms with Crippen LogP contribution < -0.4 is 5.73 Å². The van der Waals surface area contributed by atoms with Crippen LogP contribution in [0.25, 0.3) is 0 Å². The summed E-state index contributed by atoms with van der Waals surface area (Å²) in [6, 6.07) is 5.00. The molecular formula is C12H16N2O2S. The number of hydrogen-bond donors (Lipinski definition) is 1. The summed E-state index contributed by atoms with van der Waals surface area (Å²) in [5.41, 5.74) is 6.89. The fraction of sp³-hybridized carbons (Fsp3) is 0.333. The molecule has 1 aliphatic rings. The maximum absolute atomic E-state index is 12.4. The van der Waals surface area contributed by atoms with Gasteiger partial charge in [-0.2, -0.15) is 4.31 Å². The van der Waals surface area contributed by atoms with E-state index in [9.17, 15) is 8.42 Å². The summed E-state index contributed by atoms with van der Waals surface area (Å²) in [5.74, 6) is 0. The molecule has 4 nitrogen and oxygen atoms in total. The Morgan fingerprint density at radius 2 is 2.06 bits per heavy atom. The summed E-state index contributed by atoms with van der Waals surface area (Å²) >= 11 is 0. The Hall–Kier alpha value is -1.33. The van der Waals surface area contributed by atoms with Gasteiger partial charge in [0, 0.05) is 18.8 Å². The molecule has 2 rings (SSSR count). The molecule has 0 saturated heterocycles. The topological polar surface area (TPSA) is 63.4 Å². The largest absolute Gasteiger partial charge is 0.398 e. The van der Waals surface area contributed by atoms with Gasteiger partial charge in [-0.15, -0.1) is 0 Å². The number of rotatable bonds is 2. The van der Waals surface area contributed by atoms with Gasteiger partial charge in [-0.1, -0.05) is 18.2 Å². The van der Waals surface area contributed by atoms with Crippen LogP contribution in [0, 0.1) is 6.92 Å². The average molecular weight is 252 g/mol. The first-order valence-electron chi connectivity index (χ1n) is 5.54. The lowest BCUT2D eigenvalue weighted by atomic mass is 10.2. The van der Waals surface area contributed by atoms with Gasteiger partial charge in [0.25, 0.3) is 0 Å². The van der Waals surface area contributed by atoms with Gasteiger partial charge in [-0.05, 0) is 31.0 Å². The molecule has 0 aromatic heterocycles. The minimum absolute atomic E-state index is 0.313. The van der Waals surface area contributed by atoms with Crippen molar-refractivity contribution in [2.24, 2.45) is 0 Å². The number of anilines is 1. The van der Waals surface area contributed by atoms with Crippen LogP contribution in [-0.2, 0) is 10.0 Å². The van der Waals surface area contributed by atoms with E-state index in [1.807, 2.05) is 12.2 Å². The molecule has 1 aliphatic heterocycles. The Morgan fingerprint density at radius 3 is 2.71 bits per heavy atom. The van der Waals surface area contributed by atoms with E-state index < -0.39 is 10.0 Å². The molecule has 1 heterocycles. The van der Waals surface area contributed by atoms with Gasteiger partial charge >= 0.3 is 0 Å². The Kier molecular flexibility index (Phi) is 3.22. The number of benzene rings is 1. The number of nitrogens with two attached hydrogens (primary N) is 1. The lowest BCUT2D eigenvalue weighted by molar-refractivity contribution is 0.437. The zero-order valence-corrected chi connectivity index (χ0v) is 10.6. The van der Waals surface area contributed by atoms with Crippen LogP contribution in [0.15, 0.2) is 35.2 Å². The van der Waals surface area contributed by atoms with Crippen LogP contribution in [0.3, 0.4) is 0 Å².